The average molecular weight is 818 g/mol. The lowest BCUT2D eigenvalue weighted by atomic mass is 9.63. The predicted molar refractivity (Wildman–Crippen MR) is 218 cm³/mol. The second-order valence-corrected chi connectivity index (χ2v) is 21.4. The highest BCUT2D eigenvalue weighted by Crippen LogP contribution is 2.48. The number of sulfone groups is 1. The quantitative estimate of drug-likeness (QED) is 0.376. The van der Waals surface area contributed by atoms with Gasteiger partial charge in [0.1, 0.15) is 11.4 Å². The van der Waals surface area contributed by atoms with Crippen molar-refractivity contribution in [1.82, 2.24) is 14.5 Å². The smallest absolute Gasteiger partial charge is 0.264 e. The topological polar surface area (TPSA) is 126 Å². The zero-order chi connectivity index (χ0) is 39.1. The number of sulfonamides is 1. The lowest BCUT2D eigenvalue weighted by Gasteiger charge is -2.54. The summed E-state index contributed by atoms with van der Waals surface area (Å²) in [4.78, 5) is 20.7. The number of hydrogen-bond acceptors (Lipinski definition) is 10. The number of methoxy groups -OCH3 is 1. The zero-order valence-corrected chi connectivity index (χ0v) is 35.0. The molecule has 0 spiro atoms. The summed E-state index contributed by atoms with van der Waals surface area (Å²) < 4.78 is 66.9. The molecular weight excluding hydrogens is 760 g/mol. The molecule has 0 radical (unpaired) electrons. The van der Waals surface area contributed by atoms with Gasteiger partial charge < -0.3 is 14.4 Å². The van der Waals surface area contributed by atoms with Crippen LogP contribution in [0.2, 0.25) is 5.02 Å². The summed E-state index contributed by atoms with van der Waals surface area (Å²) >= 11 is 6.48. The van der Waals surface area contributed by atoms with E-state index >= 15 is 0 Å². The van der Waals surface area contributed by atoms with E-state index in [1.54, 1.807) is 32.2 Å². The number of allylic oxidation sites excluding steroid dienone is 1. The zero-order valence-electron chi connectivity index (χ0n) is 32.6. The molecule has 2 bridgehead atoms. The summed E-state index contributed by atoms with van der Waals surface area (Å²) in [7, 11) is -5.14. The Labute approximate surface area is 332 Å². The molecule has 1 aliphatic carbocycles. The first-order valence-corrected chi connectivity index (χ1v) is 23.7. The van der Waals surface area contributed by atoms with Gasteiger partial charge in [0.25, 0.3) is 5.91 Å². The number of rotatable bonds is 7. The maximum Gasteiger partial charge on any atom is 0.264 e. The number of hydrogen-bond donors (Lipinski definition) is 1. The molecule has 55 heavy (non-hydrogen) atoms. The van der Waals surface area contributed by atoms with Gasteiger partial charge in [-0.15, -0.1) is 0 Å². The second kappa shape index (κ2) is 16.3. The number of carbonyl (C=O) groups excluding carboxylic acids is 1. The summed E-state index contributed by atoms with van der Waals surface area (Å²) in [6, 6.07) is 11.7. The molecule has 3 fully saturated rings. The van der Waals surface area contributed by atoms with Crippen LogP contribution in [0.4, 0.5) is 5.69 Å². The summed E-state index contributed by atoms with van der Waals surface area (Å²) in [5.74, 6) is 0.712. The van der Waals surface area contributed by atoms with Gasteiger partial charge in [-0.1, -0.05) is 50.1 Å². The minimum atomic E-state index is -3.99. The molecule has 11 nitrogen and oxygen atoms in total. The molecule has 0 unspecified atom stereocenters. The van der Waals surface area contributed by atoms with Gasteiger partial charge in [-0.05, 0) is 91.8 Å². The van der Waals surface area contributed by atoms with Gasteiger partial charge in [0, 0.05) is 75.5 Å². The van der Waals surface area contributed by atoms with Crippen LogP contribution in [0, 0.1) is 17.8 Å². The summed E-state index contributed by atoms with van der Waals surface area (Å²) in [6.45, 7) is 11.1. The first-order valence-electron chi connectivity index (χ1n) is 20.0. The van der Waals surface area contributed by atoms with E-state index in [1.807, 2.05) is 13.0 Å². The molecule has 1 amide bonds. The number of halogens is 1. The maximum absolute atomic E-state index is 13.6. The van der Waals surface area contributed by atoms with Crippen molar-refractivity contribution < 1.29 is 31.1 Å². The Morgan fingerprint density at radius 1 is 1.00 bits per heavy atom. The Balaban J connectivity index is 1.22. The molecule has 2 saturated heterocycles. The molecule has 2 aromatic rings. The van der Waals surface area contributed by atoms with Crippen molar-refractivity contribution in [2.75, 3.05) is 75.9 Å². The Bertz CT molecular complexity index is 1970. The highest BCUT2D eigenvalue weighted by molar-refractivity contribution is 7.91. The highest BCUT2D eigenvalue weighted by atomic mass is 35.5. The third kappa shape index (κ3) is 8.62. The number of fused-ring (bicyclic) bond motifs is 2. The minimum absolute atomic E-state index is 0.0326. The van der Waals surface area contributed by atoms with Crippen molar-refractivity contribution in [3.63, 3.8) is 0 Å². The monoisotopic (exact) mass is 816 g/mol. The number of nitrogens with one attached hydrogen (secondary N) is 1. The summed E-state index contributed by atoms with van der Waals surface area (Å²) in [5.41, 5.74) is 2.86. The van der Waals surface area contributed by atoms with Crippen LogP contribution in [-0.2, 0) is 31.0 Å². The first kappa shape index (κ1) is 40.5. The van der Waals surface area contributed by atoms with E-state index in [1.165, 1.54) is 11.1 Å². The number of amides is 1. The van der Waals surface area contributed by atoms with Gasteiger partial charge in [-0.2, -0.15) is 0 Å². The number of ether oxygens (including phenoxy) is 2. The SMILES string of the molecule is CCCc1cc(Cl)ccc1[C@@H]1COc2ccc3cc2N(C1)C[C@@H]1CC[C@H]1[C@@](CN1CC(N2CCS(=O)(=O)CC2)C1)(OC)/C=C/C[C@H](C)[C@@H](C)S(=O)(=O)NC3=O. The van der Waals surface area contributed by atoms with Crippen LogP contribution >= 0.6 is 11.6 Å². The lowest BCUT2D eigenvalue weighted by Crippen LogP contribution is -2.66. The molecule has 4 aliphatic heterocycles. The molecule has 302 valence electrons. The number of likely N-dealkylation sites (tertiary alicyclic amines) is 1. The summed E-state index contributed by atoms with van der Waals surface area (Å²) in [6.07, 6.45) is 8.69. The first-order chi connectivity index (χ1) is 26.2. The van der Waals surface area contributed by atoms with Gasteiger partial charge in [0.05, 0.1) is 29.0 Å². The fourth-order valence-electron chi connectivity index (χ4n) is 9.35. The van der Waals surface area contributed by atoms with Crippen molar-refractivity contribution in [3.05, 3.63) is 70.3 Å². The van der Waals surface area contributed by atoms with Crippen LogP contribution in [0.5, 0.6) is 5.75 Å². The van der Waals surface area contributed by atoms with Crippen LogP contribution in [0.25, 0.3) is 0 Å². The number of benzene rings is 2. The van der Waals surface area contributed by atoms with Crippen LogP contribution in [0.1, 0.15) is 73.9 Å². The maximum atomic E-state index is 13.6. The van der Waals surface area contributed by atoms with E-state index in [9.17, 15) is 21.6 Å². The third-order valence-electron chi connectivity index (χ3n) is 13.1. The fraction of sp³-hybridized carbons (Fsp3) is 0.634. The lowest BCUT2D eigenvalue weighted by molar-refractivity contribution is -0.108. The minimum Gasteiger partial charge on any atom is -0.491 e. The molecule has 1 N–H and O–H groups in total. The van der Waals surface area contributed by atoms with E-state index in [0.717, 1.165) is 51.0 Å². The van der Waals surface area contributed by atoms with Crippen LogP contribution in [0.3, 0.4) is 0 Å². The Kier molecular flexibility index (Phi) is 12.0. The van der Waals surface area contributed by atoms with Crippen LogP contribution < -0.4 is 14.4 Å². The highest BCUT2D eigenvalue weighted by Gasteiger charge is 2.50. The average Bonchev–Trinajstić information content (AvgIpc) is 3.29. The van der Waals surface area contributed by atoms with Crippen LogP contribution in [0.15, 0.2) is 48.6 Å². The molecule has 5 aliphatic rings. The Hall–Kier alpha value is -2.68. The normalized spacial score (nSPS) is 32.2. The van der Waals surface area contributed by atoms with Crippen molar-refractivity contribution in [1.29, 1.82) is 0 Å². The molecule has 4 heterocycles. The predicted octanol–water partition coefficient (Wildman–Crippen LogP) is 5.15. The fourth-order valence-corrected chi connectivity index (χ4v) is 12.1. The molecule has 14 heteroatoms. The summed E-state index contributed by atoms with van der Waals surface area (Å²) in [5, 5.41) is -0.104. The number of carbonyl (C=O) groups is 1. The van der Waals surface area contributed by atoms with Crippen molar-refractivity contribution >= 4 is 43.1 Å². The van der Waals surface area contributed by atoms with E-state index in [2.05, 4.69) is 50.6 Å². The van der Waals surface area contributed by atoms with Gasteiger partial charge in [-0.3, -0.25) is 14.6 Å². The molecular formula is C41H57ClN4O7S2. The molecule has 2 aromatic carbocycles. The van der Waals surface area contributed by atoms with Crippen molar-refractivity contribution in [3.8, 4) is 5.75 Å². The Morgan fingerprint density at radius 3 is 2.45 bits per heavy atom. The molecule has 7 rings (SSSR count). The number of anilines is 1. The number of nitrogens with zero attached hydrogens (tertiary/aromatic N) is 3. The molecule has 1 saturated carbocycles. The van der Waals surface area contributed by atoms with Crippen molar-refractivity contribution in [2.24, 2.45) is 17.8 Å². The third-order valence-corrected chi connectivity index (χ3v) is 16.9. The number of aryl methyl sites for hydroxylation is 1. The van der Waals surface area contributed by atoms with E-state index < -0.39 is 36.6 Å². The standard InChI is InChI=1S/C41H57ClN4O7S2/c1-5-7-30-20-34(42)11-12-36(30)33-23-46-22-32-9-13-37(32)41(52-4,27-44-24-35(25-44)45-16-18-54(48,49)19-17-45)15-6-8-28(2)29(3)55(50,51)43-40(47)31-10-14-39(53-26-33)38(46)21-31/h6,10-12,14-15,20-21,28-29,32-33,35,37H,5,7-9,13,16-19,22-27H2,1-4H3,(H,43,47)/b15-6+/t28-,29+,32-,33-,37+,41+/m0/s1. The van der Waals surface area contributed by atoms with Gasteiger partial charge in [0.15, 0.2) is 9.84 Å². The van der Waals surface area contributed by atoms with E-state index in [0.29, 0.717) is 56.0 Å². The van der Waals surface area contributed by atoms with Gasteiger partial charge in [-0.25, -0.2) is 21.6 Å². The molecule has 0 aromatic heterocycles. The van der Waals surface area contributed by atoms with E-state index in [-0.39, 0.29) is 40.7 Å². The largest absolute Gasteiger partial charge is 0.491 e. The van der Waals surface area contributed by atoms with Gasteiger partial charge in [0.2, 0.25) is 10.0 Å². The van der Waals surface area contributed by atoms with Gasteiger partial charge >= 0.3 is 0 Å². The van der Waals surface area contributed by atoms with Crippen LogP contribution in [-0.4, -0.2) is 120 Å². The van der Waals surface area contributed by atoms with Crippen molar-refractivity contribution in [2.45, 2.75) is 75.7 Å². The van der Waals surface area contributed by atoms with E-state index in [4.69, 9.17) is 21.1 Å². The second-order valence-electron chi connectivity index (χ2n) is 16.6. The Morgan fingerprint density at radius 2 is 1.76 bits per heavy atom. The molecule has 6 atom stereocenters.